The van der Waals surface area contributed by atoms with E-state index < -0.39 is 0 Å². The van der Waals surface area contributed by atoms with Crippen LogP contribution in [0, 0.1) is 0 Å². The largest absolute Gasteiger partial charge is 0.312 e. The first-order valence-electron chi connectivity index (χ1n) is 6.23. The molecule has 19 heavy (non-hydrogen) atoms. The van der Waals surface area contributed by atoms with Gasteiger partial charge in [0.05, 0.1) is 11.4 Å². The summed E-state index contributed by atoms with van der Waals surface area (Å²) in [7, 11) is 0. The van der Waals surface area contributed by atoms with Crippen LogP contribution >= 0.6 is 11.3 Å². The molecule has 0 bridgehead atoms. The number of hydrogen-bond donors (Lipinski definition) is 3. The van der Waals surface area contributed by atoms with Crippen molar-refractivity contribution in [3.63, 3.8) is 0 Å². The zero-order chi connectivity index (χ0) is 13.7. The van der Waals surface area contributed by atoms with E-state index in [0.29, 0.717) is 17.5 Å². The summed E-state index contributed by atoms with van der Waals surface area (Å²) in [6, 6.07) is 3.90. The summed E-state index contributed by atoms with van der Waals surface area (Å²) in [5, 5.41) is 5.13. The molecule has 1 aromatic heterocycles. The van der Waals surface area contributed by atoms with E-state index in [4.69, 9.17) is 0 Å². The van der Waals surface area contributed by atoms with Crippen LogP contribution in [-0.2, 0) is 4.79 Å². The lowest BCUT2D eigenvalue weighted by atomic mass is 10.2. The van der Waals surface area contributed by atoms with Gasteiger partial charge in [-0.2, -0.15) is 0 Å². The summed E-state index contributed by atoms with van der Waals surface area (Å²) in [6.45, 7) is 4.96. The van der Waals surface area contributed by atoms with Gasteiger partial charge in [0.2, 0.25) is 0 Å². The fraction of sp³-hybridized carbons (Fsp3) is 0.500. The number of nitrogens with one attached hydrogen (secondary N) is 3. The van der Waals surface area contributed by atoms with Crippen molar-refractivity contribution in [3.8, 4) is 0 Å². The van der Waals surface area contributed by atoms with E-state index in [0.717, 1.165) is 19.6 Å². The van der Waals surface area contributed by atoms with Crippen LogP contribution in [0.4, 0.5) is 0 Å². The van der Waals surface area contributed by atoms with E-state index in [9.17, 15) is 9.59 Å². The Morgan fingerprint density at radius 2 is 2.37 bits per heavy atom. The lowest BCUT2D eigenvalue weighted by molar-refractivity contribution is -0.123. The Kier molecular flexibility index (Phi) is 4.89. The molecule has 1 aliphatic rings. The number of piperazine rings is 1. The molecule has 1 aromatic rings. The topological polar surface area (TPSA) is 73.5 Å². The Morgan fingerprint density at radius 3 is 3.05 bits per heavy atom. The van der Waals surface area contributed by atoms with Crippen LogP contribution in [0.3, 0.4) is 0 Å². The Balaban J connectivity index is 1.71. The Labute approximate surface area is 116 Å². The maximum atomic E-state index is 11.7. The Bertz CT molecular complexity index is 435. The molecule has 7 heteroatoms. The number of hydrogen-bond acceptors (Lipinski definition) is 5. The third-order valence-electron chi connectivity index (χ3n) is 2.88. The van der Waals surface area contributed by atoms with Gasteiger partial charge in [0, 0.05) is 25.7 Å². The van der Waals surface area contributed by atoms with Gasteiger partial charge in [0.1, 0.15) is 0 Å². The van der Waals surface area contributed by atoms with Crippen LogP contribution in [0.2, 0.25) is 0 Å². The minimum atomic E-state index is -0.281. The quantitative estimate of drug-likeness (QED) is 0.672. The average molecular weight is 282 g/mol. The van der Waals surface area contributed by atoms with Crippen molar-refractivity contribution in [2.24, 2.45) is 0 Å². The zero-order valence-electron chi connectivity index (χ0n) is 10.8. The number of rotatable bonds is 3. The van der Waals surface area contributed by atoms with Gasteiger partial charge in [-0.1, -0.05) is 6.07 Å². The first-order valence-corrected chi connectivity index (χ1v) is 7.11. The number of thiophene rings is 1. The average Bonchev–Trinajstić information content (AvgIpc) is 2.90. The summed E-state index contributed by atoms with van der Waals surface area (Å²) in [6.07, 6.45) is 0. The van der Waals surface area contributed by atoms with Crippen LogP contribution in [0.15, 0.2) is 17.5 Å². The van der Waals surface area contributed by atoms with E-state index >= 15 is 0 Å². The molecule has 2 amide bonds. The fourth-order valence-corrected chi connectivity index (χ4v) is 2.61. The normalized spacial score (nSPS) is 19.9. The molecule has 0 radical (unpaired) electrons. The highest BCUT2D eigenvalue weighted by Crippen LogP contribution is 2.07. The van der Waals surface area contributed by atoms with Gasteiger partial charge in [-0.3, -0.25) is 25.3 Å². The van der Waals surface area contributed by atoms with Crippen LogP contribution in [-0.4, -0.2) is 48.9 Å². The molecule has 2 rings (SSSR count). The molecule has 6 nitrogen and oxygen atoms in total. The molecule has 1 atom stereocenters. The minimum Gasteiger partial charge on any atom is -0.312 e. The monoisotopic (exact) mass is 282 g/mol. The van der Waals surface area contributed by atoms with Crippen LogP contribution in [0.5, 0.6) is 0 Å². The number of nitrogens with zero attached hydrogens (tertiary/aromatic N) is 1. The van der Waals surface area contributed by atoms with E-state index in [-0.39, 0.29) is 11.8 Å². The summed E-state index contributed by atoms with van der Waals surface area (Å²) >= 11 is 1.34. The zero-order valence-corrected chi connectivity index (χ0v) is 11.6. The molecule has 0 saturated carbocycles. The van der Waals surface area contributed by atoms with E-state index in [2.05, 4.69) is 28.0 Å². The molecule has 0 unspecified atom stereocenters. The maximum Gasteiger partial charge on any atom is 0.279 e. The highest BCUT2D eigenvalue weighted by Gasteiger charge is 2.18. The van der Waals surface area contributed by atoms with E-state index in [1.807, 2.05) is 5.38 Å². The summed E-state index contributed by atoms with van der Waals surface area (Å²) in [5.41, 5.74) is 4.85. The van der Waals surface area contributed by atoms with Crippen molar-refractivity contribution in [1.82, 2.24) is 21.1 Å². The molecular formula is C12H18N4O2S. The Hall–Kier alpha value is -1.44. The fourth-order valence-electron chi connectivity index (χ4n) is 1.99. The predicted molar refractivity (Wildman–Crippen MR) is 73.8 cm³/mol. The van der Waals surface area contributed by atoms with Crippen LogP contribution in [0.1, 0.15) is 16.6 Å². The van der Waals surface area contributed by atoms with Gasteiger partial charge in [-0.05, 0) is 18.4 Å². The van der Waals surface area contributed by atoms with Gasteiger partial charge < -0.3 is 5.32 Å². The first kappa shape index (κ1) is 14.0. The van der Waals surface area contributed by atoms with Crippen molar-refractivity contribution in [2.45, 2.75) is 13.0 Å². The second-order valence-corrected chi connectivity index (χ2v) is 5.52. The van der Waals surface area contributed by atoms with Crippen molar-refractivity contribution < 1.29 is 9.59 Å². The smallest absolute Gasteiger partial charge is 0.279 e. The Morgan fingerprint density at radius 1 is 1.53 bits per heavy atom. The minimum absolute atomic E-state index is 0.195. The highest BCUT2D eigenvalue weighted by atomic mass is 32.1. The molecule has 0 aromatic carbocycles. The standard InChI is InChI=1S/C12H18N4O2S/c1-9-7-16(5-4-13-9)8-11(17)14-15-12(18)10-3-2-6-19-10/h2-3,6,9,13H,4-5,7-8H2,1H3,(H,14,17)(H,15,18)/t9-/m0/s1. The third-order valence-corrected chi connectivity index (χ3v) is 3.75. The maximum absolute atomic E-state index is 11.7. The van der Waals surface area contributed by atoms with Crippen molar-refractivity contribution >= 4 is 23.2 Å². The molecule has 104 valence electrons. The van der Waals surface area contributed by atoms with Crippen LogP contribution < -0.4 is 16.2 Å². The van der Waals surface area contributed by atoms with E-state index in [1.165, 1.54) is 11.3 Å². The highest BCUT2D eigenvalue weighted by molar-refractivity contribution is 7.12. The third kappa shape index (κ3) is 4.30. The molecule has 0 aliphatic carbocycles. The first-order chi connectivity index (χ1) is 9.15. The number of hydrazine groups is 1. The lowest BCUT2D eigenvalue weighted by Crippen LogP contribution is -2.53. The second-order valence-electron chi connectivity index (χ2n) is 4.57. The molecular weight excluding hydrogens is 264 g/mol. The van der Waals surface area contributed by atoms with Crippen molar-refractivity contribution in [2.75, 3.05) is 26.2 Å². The summed E-state index contributed by atoms with van der Waals surface area (Å²) < 4.78 is 0. The molecule has 3 N–H and O–H groups in total. The molecule has 1 saturated heterocycles. The van der Waals surface area contributed by atoms with Gasteiger partial charge >= 0.3 is 0 Å². The number of amides is 2. The van der Waals surface area contributed by atoms with Crippen molar-refractivity contribution in [3.05, 3.63) is 22.4 Å². The number of carbonyl (C=O) groups is 2. The van der Waals surface area contributed by atoms with Gasteiger partial charge in [0.25, 0.3) is 11.8 Å². The summed E-state index contributed by atoms with van der Waals surface area (Å²) in [4.78, 5) is 26.0. The van der Waals surface area contributed by atoms with Crippen molar-refractivity contribution in [1.29, 1.82) is 0 Å². The van der Waals surface area contributed by atoms with Gasteiger partial charge in [-0.15, -0.1) is 11.3 Å². The second kappa shape index (κ2) is 6.65. The summed E-state index contributed by atoms with van der Waals surface area (Å²) in [5.74, 6) is -0.476. The molecule has 0 spiro atoms. The van der Waals surface area contributed by atoms with Crippen LogP contribution in [0.25, 0.3) is 0 Å². The van der Waals surface area contributed by atoms with Gasteiger partial charge in [-0.25, -0.2) is 0 Å². The molecule has 1 fully saturated rings. The predicted octanol–water partition coefficient (Wildman–Crippen LogP) is -0.197. The SMILES string of the molecule is C[C@H]1CN(CC(=O)NNC(=O)c2cccs2)CCN1. The lowest BCUT2D eigenvalue weighted by Gasteiger charge is -2.31. The number of carbonyl (C=O) groups excluding carboxylic acids is 2. The molecule has 1 aliphatic heterocycles. The van der Waals surface area contributed by atoms with E-state index in [1.54, 1.807) is 12.1 Å². The molecule has 2 heterocycles. The van der Waals surface area contributed by atoms with Gasteiger partial charge in [0.15, 0.2) is 0 Å².